The molecule has 0 aromatic heterocycles. The van der Waals surface area contributed by atoms with Gasteiger partial charge in [0, 0.05) is 6.07 Å². The molecule has 0 saturated heterocycles. The third-order valence-corrected chi connectivity index (χ3v) is 1.68. The smallest absolute Gasteiger partial charge is 0.251 e. The van der Waals surface area contributed by atoms with E-state index in [4.69, 9.17) is 15.7 Å². The zero-order valence-electron chi connectivity index (χ0n) is 7.37. The molecule has 1 aromatic rings. The molecular weight excluding hydrogens is 187 g/mol. The van der Waals surface area contributed by atoms with E-state index >= 15 is 0 Å². The van der Waals surface area contributed by atoms with Gasteiger partial charge in [-0.1, -0.05) is 0 Å². The molecule has 2 N–H and O–H groups in total. The second-order valence-electron chi connectivity index (χ2n) is 2.51. The molecule has 0 spiro atoms. The van der Waals surface area contributed by atoms with E-state index in [0.717, 1.165) is 12.1 Å². The lowest BCUT2D eigenvalue weighted by atomic mass is 10.1. The molecule has 0 bridgehead atoms. The summed E-state index contributed by atoms with van der Waals surface area (Å²) in [7, 11) is 1.31. The molecule has 14 heavy (non-hydrogen) atoms. The van der Waals surface area contributed by atoms with Crippen molar-refractivity contribution in [2.75, 3.05) is 7.11 Å². The summed E-state index contributed by atoms with van der Waals surface area (Å²) >= 11 is 0. The predicted octanol–water partition coefficient (Wildman–Crippen LogP) is 0.805. The number of nitrogens with zero attached hydrogens (tertiary/aromatic N) is 1. The minimum Gasteiger partial charge on any atom is -0.495 e. The Kier molecular flexibility index (Phi) is 2.67. The summed E-state index contributed by atoms with van der Waals surface area (Å²) in [4.78, 5) is 10.7. The number of amides is 1. The van der Waals surface area contributed by atoms with Crippen LogP contribution in [0, 0.1) is 17.1 Å². The van der Waals surface area contributed by atoms with Gasteiger partial charge in [-0.25, -0.2) is 4.39 Å². The van der Waals surface area contributed by atoms with Gasteiger partial charge in [-0.05, 0) is 6.07 Å². The SMILES string of the molecule is COc1cc(F)c(C(N)=O)cc1C#N. The van der Waals surface area contributed by atoms with Crippen LogP contribution in [-0.4, -0.2) is 13.0 Å². The molecule has 4 nitrogen and oxygen atoms in total. The van der Waals surface area contributed by atoms with Gasteiger partial charge in [0.15, 0.2) is 0 Å². The first-order valence-electron chi connectivity index (χ1n) is 3.67. The number of nitriles is 1. The number of methoxy groups -OCH3 is 1. The van der Waals surface area contributed by atoms with Gasteiger partial charge in [-0.15, -0.1) is 0 Å². The molecule has 0 heterocycles. The van der Waals surface area contributed by atoms with Crippen molar-refractivity contribution < 1.29 is 13.9 Å². The number of halogens is 1. The van der Waals surface area contributed by atoms with E-state index in [9.17, 15) is 9.18 Å². The van der Waals surface area contributed by atoms with Crippen molar-refractivity contribution >= 4 is 5.91 Å². The molecule has 0 aliphatic heterocycles. The Morgan fingerprint density at radius 2 is 2.29 bits per heavy atom. The highest BCUT2D eigenvalue weighted by Gasteiger charge is 2.13. The zero-order chi connectivity index (χ0) is 10.7. The van der Waals surface area contributed by atoms with Gasteiger partial charge in [0.1, 0.15) is 17.6 Å². The Bertz CT molecular complexity index is 424. The fourth-order valence-electron chi connectivity index (χ4n) is 1.00. The quantitative estimate of drug-likeness (QED) is 0.756. The molecule has 0 saturated carbocycles. The van der Waals surface area contributed by atoms with Gasteiger partial charge in [0.05, 0.1) is 18.2 Å². The van der Waals surface area contributed by atoms with E-state index in [1.165, 1.54) is 7.11 Å². The number of rotatable bonds is 2. The summed E-state index contributed by atoms with van der Waals surface area (Å²) in [6.07, 6.45) is 0. The van der Waals surface area contributed by atoms with Crippen LogP contribution < -0.4 is 10.5 Å². The third kappa shape index (κ3) is 1.64. The predicted molar refractivity (Wildman–Crippen MR) is 46.2 cm³/mol. The lowest BCUT2D eigenvalue weighted by Gasteiger charge is -2.04. The number of hydrogen-bond donors (Lipinski definition) is 1. The highest BCUT2D eigenvalue weighted by atomic mass is 19.1. The fourth-order valence-corrected chi connectivity index (χ4v) is 1.00. The Morgan fingerprint density at radius 1 is 1.64 bits per heavy atom. The van der Waals surface area contributed by atoms with Crippen LogP contribution in [0.2, 0.25) is 0 Å². The largest absolute Gasteiger partial charge is 0.495 e. The lowest BCUT2D eigenvalue weighted by Crippen LogP contribution is -2.13. The first-order valence-corrected chi connectivity index (χ1v) is 3.67. The number of hydrogen-bond acceptors (Lipinski definition) is 3. The molecular formula is C9H7FN2O2. The van der Waals surface area contributed by atoms with Crippen molar-refractivity contribution in [2.45, 2.75) is 0 Å². The van der Waals surface area contributed by atoms with Crippen LogP contribution in [0.15, 0.2) is 12.1 Å². The number of benzene rings is 1. The Hall–Kier alpha value is -2.09. The van der Waals surface area contributed by atoms with Crippen molar-refractivity contribution in [3.05, 3.63) is 29.1 Å². The number of ether oxygens (including phenoxy) is 1. The molecule has 0 atom stereocenters. The topological polar surface area (TPSA) is 76.1 Å². The summed E-state index contributed by atoms with van der Waals surface area (Å²) in [5.74, 6) is -1.63. The minimum atomic E-state index is -0.915. The second-order valence-corrected chi connectivity index (χ2v) is 2.51. The number of carbonyl (C=O) groups excluding carboxylic acids is 1. The maximum Gasteiger partial charge on any atom is 0.251 e. The molecule has 0 unspecified atom stereocenters. The zero-order valence-corrected chi connectivity index (χ0v) is 7.37. The van der Waals surface area contributed by atoms with Gasteiger partial charge in [-0.2, -0.15) is 5.26 Å². The van der Waals surface area contributed by atoms with Crippen molar-refractivity contribution in [2.24, 2.45) is 5.73 Å². The third-order valence-electron chi connectivity index (χ3n) is 1.68. The van der Waals surface area contributed by atoms with Crippen molar-refractivity contribution in [3.63, 3.8) is 0 Å². The molecule has 72 valence electrons. The summed E-state index contributed by atoms with van der Waals surface area (Å²) < 4.78 is 17.9. The summed E-state index contributed by atoms with van der Waals surface area (Å²) in [5, 5.41) is 8.64. The maximum atomic E-state index is 13.1. The minimum absolute atomic E-state index is 0.0719. The maximum absolute atomic E-state index is 13.1. The summed E-state index contributed by atoms with van der Waals surface area (Å²) in [6.45, 7) is 0. The molecule has 0 radical (unpaired) electrons. The van der Waals surface area contributed by atoms with E-state index in [-0.39, 0.29) is 16.9 Å². The van der Waals surface area contributed by atoms with Gasteiger partial charge < -0.3 is 10.5 Å². The molecule has 5 heteroatoms. The van der Waals surface area contributed by atoms with E-state index in [0.29, 0.717) is 0 Å². The van der Waals surface area contributed by atoms with Gasteiger partial charge in [0.2, 0.25) is 0 Å². The standard InChI is InChI=1S/C9H7FN2O2/c1-14-8-3-7(10)6(9(12)13)2-5(8)4-11/h2-3H,1H3,(H2,12,13). The van der Waals surface area contributed by atoms with Crippen molar-refractivity contribution in [1.82, 2.24) is 0 Å². The highest BCUT2D eigenvalue weighted by molar-refractivity contribution is 5.93. The van der Waals surface area contributed by atoms with E-state index in [1.54, 1.807) is 6.07 Å². The Labute approximate surface area is 79.7 Å². The molecule has 0 aliphatic rings. The van der Waals surface area contributed by atoms with Crippen LogP contribution >= 0.6 is 0 Å². The monoisotopic (exact) mass is 194 g/mol. The first-order chi connectivity index (χ1) is 6.60. The molecule has 1 rings (SSSR count). The van der Waals surface area contributed by atoms with E-state index in [1.807, 2.05) is 0 Å². The van der Waals surface area contributed by atoms with Crippen LogP contribution in [0.5, 0.6) is 5.75 Å². The van der Waals surface area contributed by atoms with Crippen LogP contribution in [0.1, 0.15) is 15.9 Å². The first kappa shape index (κ1) is 9.99. The normalized spacial score (nSPS) is 9.21. The molecule has 0 aliphatic carbocycles. The van der Waals surface area contributed by atoms with Crippen molar-refractivity contribution in [1.29, 1.82) is 5.26 Å². The van der Waals surface area contributed by atoms with Crippen LogP contribution in [-0.2, 0) is 0 Å². The number of nitrogens with two attached hydrogens (primary N) is 1. The lowest BCUT2D eigenvalue weighted by molar-refractivity contribution is 0.0996. The van der Waals surface area contributed by atoms with E-state index in [2.05, 4.69) is 0 Å². The van der Waals surface area contributed by atoms with Gasteiger partial charge >= 0.3 is 0 Å². The van der Waals surface area contributed by atoms with Gasteiger partial charge in [0.25, 0.3) is 5.91 Å². The second kappa shape index (κ2) is 3.75. The number of primary amides is 1. The molecule has 1 aromatic carbocycles. The van der Waals surface area contributed by atoms with Crippen molar-refractivity contribution in [3.8, 4) is 11.8 Å². The summed E-state index contributed by atoms with van der Waals surface area (Å²) in [5.41, 5.74) is 4.66. The average molecular weight is 194 g/mol. The number of carbonyl (C=O) groups is 1. The Morgan fingerprint density at radius 3 is 2.71 bits per heavy atom. The fraction of sp³-hybridized carbons (Fsp3) is 0.111. The summed E-state index contributed by atoms with van der Waals surface area (Å²) in [6, 6.07) is 3.79. The van der Waals surface area contributed by atoms with Crippen LogP contribution in [0.3, 0.4) is 0 Å². The molecule has 1 amide bonds. The average Bonchev–Trinajstić information content (AvgIpc) is 2.16. The van der Waals surface area contributed by atoms with Gasteiger partial charge in [-0.3, -0.25) is 4.79 Å². The molecule has 0 fully saturated rings. The highest BCUT2D eigenvalue weighted by Crippen LogP contribution is 2.21. The Balaban J connectivity index is 3.40. The van der Waals surface area contributed by atoms with E-state index < -0.39 is 11.7 Å². The van der Waals surface area contributed by atoms with Crippen LogP contribution in [0.4, 0.5) is 4.39 Å². The van der Waals surface area contributed by atoms with Crippen LogP contribution in [0.25, 0.3) is 0 Å².